The van der Waals surface area contributed by atoms with Gasteiger partial charge < -0.3 is 9.84 Å². The summed E-state index contributed by atoms with van der Waals surface area (Å²) in [6.45, 7) is 5.43. The first-order valence-electron chi connectivity index (χ1n) is 7.69. The average molecular weight is 341 g/mol. The number of hydrogen-bond acceptors (Lipinski definition) is 2. The third-order valence-electron chi connectivity index (χ3n) is 4.54. The van der Waals surface area contributed by atoms with Crippen molar-refractivity contribution >= 4 is 15.9 Å². The van der Waals surface area contributed by atoms with Gasteiger partial charge in [0.1, 0.15) is 5.75 Å². The second-order valence-electron chi connectivity index (χ2n) is 5.94. The molecular formula is C17H25BrO2. The van der Waals surface area contributed by atoms with Crippen LogP contribution >= 0.6 is 15.9 Å². The molecule has 0 aromatic heterocycles. The molecule has 1 unspecified atom stereocenters. The van der Waals surface area contributed by atoms with Crippen LogP contribution in [0.5, 0.6) is 5.75 Å². The molecule has 1 heterocycles. The molecule has 1 aromatic rings. The standard InChI is InChI=1S/C17H25BrO2/c1-3-5-7-17(4-2,12-19)11-14-10-15(18)9-13-6-8-20-16(13)14/h9-10,19H,3-8,11-12H2,1-2H3. The van der Waals surface area contributed by atoms with Crippen LogP contribution in [0.25, 0.3) is 0 Å². The minimum absolute atomic E-state index is 0.00345. The lowest BCUT2D eigenvalue weighted by Crippen LogP contribution is -2.27. The largest absolute Gasteiger partial charge is 0.493 e. The fraction of sp³-hybridized carbons (Fsp3) is 0.647. The summed E-state index contributed by atoms with van der Waals surface area (Å²) in [5, 5.41) is 9.93. The fourth-order valence-corrected chi connectivity index (χ4v) is 3.62. The van der Waals surface area contributed by atoms with Crippen molar-refractivity contribution in [3.05, 3.63) is 27.7 Å². The molecule has 1 aromatic carbocycles. The third-order valence-corrected chi connectivity index (χ3v) is 4.99. The highest BCUT2D eigenvalue weighted by Crippen LogP contribution is 2.39. The van der Waals surface area contributed by atoms with Crippen molar-refractivity contribution in [1.82, 2.24) is 0 Å². The third kappa shape index (κ3) is 3.37. The van der Waals surface area contributed by atoms with Crippen molar-refractivity contribution < 1.29 is 9.84 Å². The highest BCUT2D eigenvalue weighted by atomic mass is 79.9. The van der Waals surface area contributed by atoms with Crippen LogP contribution in [0, 0.1) is 5.41 Å². The van der Waals surface area contributed by atoms with E-state index in [1.54, 1.807) is 0 Å². The van der Waals surface area contributed by atoms with Crippen LogP contribution in [0.2, 0.25) is 0 Å². The molecule has 0 amide bonds. The van der Waals surface area contributed by atoms with Crippen molar-refractivity contribution in [3.63, 3.8) is 0 Å². The van der Waals surface area contributed by atoms with Crippen LogP contribution in [-0.4, -0.2) is 18.3 Å². The molecule has 20 heavy (non-hydrogen) atoms. The lowest BCUT2D eigenvalue weighted by molar-refractivity contribution is 0.106. The van der Waals surface area contributed by atoms with Crippen LogP contribution < -0.4 is 4.74 Å². The Labute approximate surface area is 130 Å². The van der Waals surface area contributed by atoms with Gasteiger partial charge in [-0.3, -0.25) is 0 Å². The molecule has 0 bridgehead atoms. The van der Waals surface area contributed by atoms with Gasteiger partial charge in [-0.25, -0.2) is 0 Å². The highest BCUT2D eigenvalue weighted by molar-refractivity contribution is 9.10. The van der Waals surface area contributed by atoms with Crippen molar-refractivity contribution in [3.8, 4) is 5.75 Å². The second kappa shape index (κ2) is 6.95. The maximum Gasteiger partial charge on any atom is 0.125 e. The van der Waals surface area contributed by atoms with E-state index in [1.165, 1.54) is 24.0 Å². The van der Waals surface area contributed by atoms with Crippen LogP contribution in [0.3, 0.4) is 0 Å². The minimum atomic E-state index is -0.00345. The Bertz CT molecular complexity index is 453. The van der Waals surface area contributed by atoms with Crippen LogP contribution in [0.4, 0.5) is 0 Å². The summed E-state index contributed by atoms with van der Waals surface area (Å²) in [5.41, 5.74) is 2.54. The first-order chi connectivity index (χ1) is 9.64. The number of aliphatic hydroxyl groups is 1. The number of unbranched alkanes of at least 4 members (excludes halogenated alkanes) is 1. The van der Waals surface area contributed by atoms with E-state index in [0.717, 1.165) is 42.5 Å². The van der Waals surface area contributed by atoms with E-state index < -0.39 is 0 Å². The number of fused-ring (bicyclic) bond motifs is 1. The van der Waals surface area contributed by atoms with Crippen molar-refractivity contribution in [2.45, 2.75) is 52.4 Å². The maximum atomic E-state index is 9.93. The highest BCUT2D eigenvalue weighted by Gasteiger charge is 2.30. The van der Waals surface area contributed by atoms with Gasteiger partial charge in [0.15, 0.2) is 0 Å². The van der Waals surface area contributed by atoms with E-state index in [1.807, 2.05) is 0 Å². The zero-order valence-corrected chi connectivity index (χ0v) is 14.1. The van der Waals surface area contributed by atoms with Gasteiger partial charge in [0, 0.05) is 17.5 Å². The summed E-state index contributed by atoms with van der Waals surface area (Å²) in [6, 6.07) is 4.32. The van der Waals surface area contributed by atoms with E-state index in [0.29, 0.717) is 0 Å². The maximum absolute atomic E-state index is 9.93. The van der Waals surface area contributed by atoms with Crippen LogP contribution in [0.1, 0.15) is 50.7 Å². The zero-order valence-electron chi connectivity index (χ0n) is 12.5. The molecule has 112 valence electrons. The monoisotopic (exact) mass is 340 g/mol. The van der Waals surface area contributed by atoms with Crippen molar-refractivity contribution in [1.29, 1.82) is 0 Å². The molecule has 1 aliphatic heterocycles. The predicted molar refractivity (Wildman–Crippen MR) is 86.4 cm³/mol. The first kappa shape index (κ1) is 15.8. The van der Waals surface area contributed by atoms with Gasteiger partial charge in [0.2, 0.25) is 0 Å². The van der Waals surface area contributed by atoms with Gasteiger partial charge in [-0.1, -0.05) is 42.6 Å². The average Bonchev–Trinajstić information content (AvgIpc) is 2.91. The number of ether oxygens (including phenoxy) is 1. The Hall–Kier alpha value is -0.540. The Morgan fingerprint density at radius 1 is 1.35 bits per heavy atom. The summed E-state index contributed by atoms with van der Waals surface area (Å²) < 4.78 is 6.94. The molecule has 0 fully saturated rings. The van der Waals surface area contributed by atoms with E-state index in [9.17, 15) is 5.11 Å². The Balaban J connectivity index is 2.27. The van der Waals surface area contributed by atoms with Crippen molar-refractivity contribution in [2.75, 3.05) is 13.2 Å². The van der Waals surface area contributed by atoms with Gasteiger partial charge >= 0.3 is 0 Å². The smallest absolute Gasteiger partial charge is 0.125 e. The van der Waals surface area contributed by atoms with E-state index in [-0.39, 0.29) is 12.0 Å². The SMILES string of the molecule is CCCCC(CC)(CO)Cc1cc(Br)cc2c1OCC2. The second-order valence-corrected chi connectivity index (χ2v) is 6.86. The molecule has 3 heteroatoms. The van der Waals surface area contributed by atoms with E-state index in [4.69, 9.17) is 4.74 Å². The number of rotatable bonds is 7. The molecular weight excluding hydrogens is 316 g/mol. The van der Waals surface area contributed by atoms with Gasteiger partial charge in [0.05, 0.1) is 6.61 Å². The van der Waals surface area contributed by atoms with E-state index >= 15 is 0 Å². The number of aliphatic hydroxyl groups excluding tert-OH is 1. The molecule has 1 aliphatic rings. The van der Waals surface area contributed by atoms with Gasteiger partial charge in [-0.15, -0.1) is 0 Å². The topological polar surface area (TPSA) is 29.5 Å². The molecule has 2 rings (SSSR count). The number of benzene rings is 1. The Kier molecular flexibility index (Phi) is 5.50. The van der Waals surface area contributed by atoms with Crippen LogP contribution in [-0.2, 0) is 12.8 Å². The van der Waals surface area contributed by atoms with E-state index in [2.05, 4.69) is 41.9 Å². The Morgan fingerprint density at radius 2 is 2.15 bits per heavy atom. The zero-order chi connectivity index (χ0) is 14.6. The molecule has 0 saturated heterocycles. The quantitative estimate of drug-likeness (QED) is 0.791. The molecule has 0 aliphatic carbocycles. The first-order valence-corrected chi connectivity index (χ1v) is 8.48. The van der Waals surface area contributed by atoms with Gasteiger partial charge in [-0.05, 0) is 47.9 Å². The summed E-state index contributed by atoms with van der Waals surface area (Å²) in [6.07, 6.45) is 6.33. The number of halogens is 1. The lowest BCUT2D eigenvalue weighted by atomic mass is 9.75. The molecule has 1 N–H and O–H groups in total. The summed E-state index contributed by atoms with van der Waals surface area (Å²) in [4.78, 5) is 0. The van der Waals surface area contributed by atoms with Gasteiger partial charge in [-0.2, -0.15) is 0 Å². The lowest BCUT2D eigenvalue weighted by Gasteiger charge is -2.31. The molecule has 0 spiro atoms. The minimum Gasteiger partial charge on any atom is -0.493 e. The summed E-state index contributed by atoms with van der Waals surface area (Å²) >= 11 is 3.60. The summed E-state index contributed by atoms with van der Waals surface area (Å²) in [7, 11) is 0. The fourth-order valence-electron chi connectivity index (χ4n) is 3.07. The van der Waals surface area contributed by atoms with Gasteiger partial charge in [0.25, 0.3) is 0 Å². The molecule has 0 radical (unpaired) electrons. The molecule has 2 nitrogen and oxygen atoms in total. The summed E-state index contributed by atoms with van der Waals surface area (Å²) in [5.74, 6) is 1.07. The van der Waals surface area contributed by atoms with Crippen molar-refractivity contribution in [2.24, 2.45) is 5.41 Å². The Morgan fingerprint density at radius 3 is 2.80 bits per heavy atom. The predicted octanol–water partition coefficient (Wildman–Crippen LogP) is 4.51. The molecule has 1 atom stereocenters. The molecule has 0 saturated carbocycles. The number of hydrogen-bond donors (Lipinski definition) is 1. The van der Waals surface area contributed by atoms with Crippen LogP contribution in [0.15, 0.2) is 16.6 Å². The normalized spacial score (nSPS) is 16.6.